The molecule has 20 heavy (non-hydrogen) atoms. The maximum atomic E-state index is 11.2. The number of pyridine rings is 1. The fourth-order valence-corrected chi connectivity index (χ4v) is 2.90. The molecule has 2 rings (SSSR count). The molecule has 0 spiro atoms. The zero-order valence-corrected chi connectivity index (χ0v) is 12.9. The number of aryl methyl sites for hydroxylation is 2. The number of aromatic nitrogens is 2. The van der Waals surface area contributed by atoms with Crippen LogP contribution in [0.15, 0.2) is 18.3 Å². The normalized spacial score (nSPS) is 10.7. The Balaban J connectivity index is 2.39. The molecule has 0 amide bonds. The predicted molar refractivity (Wildman–Crippen MR) is 82.5 cm³/mol. The quantitative estimate of drug-likeness (QED) is 0.811. The van der Waals surface area contributed by atoms with Gasteiger partial charge in [0.05, 0.1) is 16.1 Å². The van der Waals surface area contributed by atoms with E-state index in [1.165, 1.54) is 11.3 Å². The highest BCUT2D eigenvalue weighted by Gasteiger charge is 2.15. The number of hydrogen-bond acceptors (Lipinski definition) is 5. The molecule has 0 unspecified atom stereocenters. The lowest BCUT2D eigenvalue weighted by atomic mass is 10.2. The van der Waals surface area contributed by atoms with Gasteiger partial charge in [0.1, 0.15) is 10.9 Å². The highest BCUT2D eigenvalue weighted by Crippen LogP contribution is 2.31. The van der Waals surface area contributed by atoms with Gasteiger partial charge in [-0.3, -0.25) is 4.98 Å². The van der Waals surface area contributed by atoms with Crippen molar-refractivity contribution in [2.75, 3.05) is 20.6 Å². The van der Waals surface area contributed by atoms with E-state index < -0.39 is 0 Å². The third kappa shape index (κ3) is 3.20. The third-order valence-corrected chi connectivity index (χ3v) is 4.09. The molecular formula is C15H17N3OS. The Kier molecular flexibility index (Phi) is 4.45. The lowest BCUT2D eigenvalue weighted by Crippen LogP contribution is -2.14. The van der Waals surface area contributed by atoms with Gasteiger partial charge in [0.25, 0.3) is 0 Å². The Bertz CT molecular complexity index is 652. The largest absolute Gasteiger partial charge is 0.304 e. The number of likely N-dealkylation sites (N-methyl/N-ethyl adjacent to an activating group) is 1. The second kappa shape index (κ2) is 6.09. The third-order valence-electron chi connectivity index (χ3n) is 2.83. The van der Waals surface area contributed by atoms with Crippen LogP contribution in [0.25, 0.3) is 16.1 Å². The Morgan fingerprint density at radius 1 is 1.35 bits per heavy atom. The molecular weight excluding hydrogens is 270 g/mol. The van der Waals surface area contributed by atoms with Gasteiger partial charge in [0.15, 0.2) is 0 Å². The van der Waals surface area contributed by atoms with Crippen LogP contribution in [0.5, 0.6) is 0 Å². The molecule has 0 saturated heterocycles. The van der Waals surface area contributed by atoms with Crippen molar-refractivity contribution in [3.63, 3.8) is 0 Å². The van der Waals surface area contributed by atoms with E-state index in [1.807, 2.05) is 57.1 Å². The topological polar surface area (TPSA) is 46.1 Å². The molecule has 0 saturated carbocycles. The standard InChI is InChI=1S/C15H17N3OS/c1-10-5-6-12(7-16-10)15-17-11(2)14(20-15)13(9-19)8-18(3)4/h5-7H,8H2,1-4H3. The summed E-state index contributed by atoms with van der Waals surface area (Å²) >= 11 is 1.52. The smallest absolute Gasteiger partial charge is 0.130 e. The van der Waals surface area contributed by atoms with Crippen molar-refractivity contribution in [3.8, 4) is 10.6 Å². The molecule has 0 aliphatic heterocycles. The minimum absolute atomic E-state index is 0.568. The van der Waals surface area contributed by atoms with Gasteiger partial charge in [-0.05, 0) is 40.1 Å². The summed E-state index contributed by atoms with van der Waals surface area (Å²) in [6, 6.07) is 3.96. The summed E-state index contributed by atoms with van der Waals surface area (Å²) in [6.07, 6.45) is 1.81. The van der Waals surface area contributed by atoms with E-state index in [0.717, 1.165) is 26.8 Å². The highest BCUT2D eigenvalue weighted by molar-refractivity contribution is 7.16. The molecule has 0 atom stereocenters. The van der Waals surface area contributed by atoms with Gasteiger partial charge in [-0.15, -0.1) is 11.3 Å². The van der Waals surface area contributed by atoms with E-state index in [0.29, 0.717) is 12.1 Å². The van der Waals surface area contributed by atoms with Crippen LogP contribution in [0, 0.1) is 13.8 Å². The fraction of sp³-hybridized carbons (Fsp3) is 0.333. The molecule has 5 heteroatoms. The van der Waals surface area contributed by atoms with E-state index in [9.17, 15) is 4.79 Å². The van der Waals surface area contributed by atoms with Crippen molar-refractivity contribution in [2.45, 2.75) is 13.8 Å². The first-order valence-electron chi connectivity index (χ1n) is 6.30. The van der Waals surface area contributed by atoms with Gasteiger partial charge >= 0.3 is 0 Å². The molecule has 0 aliphatic carbocycles. The first-order chi connectivity index (χ1) is 9.51. The van der Waals surface area contributed by atoms with Crippen LogP contribution < -0.4 is 0 Å². The molecule has 0 fully saturated rings. The summed E-state index contributed by atoms with van der Waals surface area (Å²) < 4.78 is 0. The second-order valence-corrected chi connectivity index (χ2v) is 5.94. The summed E-state index contributed by atoms with van der Waals surface area (Å²) in [5.74, 6) is 2.04. The monoisotopic (exact) mass is 287 g/mol. The van der Waals surface area contributed by atoms with Gasteiger partial charge in [-0.25, -0.2) is 9.78 Å². The number of nitrogens with zero attached hydrogens (tertiary/aromatic N) is 3. The second-order valence-electron chi connectivity index (χ2n) is 4.94. The Hall–Kier alpha value is -1.81. The van der Waals surface area contributed by atoms with Crippen molar-refractivity contribution >= 4 is 22.9 Å². The first-order valence-corrected chi connectivity index (χ1v) is 7.12. The van der Waals surface area contributed by atoms with Gasteiger partial charge in [-0.1, -0.05) is 0 Å². The number of carbonyl (C=O) groups excluding carboxylic acids is 1. The van der Waals surface area contributed by atoms with Crippen LogP contribution in [0.3, 0.4) is 0 Å². The van der Waals surface area contributed by atoms with Gasteiger partial charge < -0.3 is 4.90 Å². The SMILES string of the molecule is Cc1ccc(-c2nc(C)c(C(=C=O)CN(C)C)s2)cn1. The Morgan fingerprint density at radius 3 is 2.65 bits per heavy atom. The van der Waals surface area contributed by atoms with Crippen LogP contribution in [-0.4, -0.2) is 41.4 Å². The Morgan fingerprint density at radius 2 is 2.10 bits per heavy atom. The minimum atomic E-state index is 0.568. The predicted octanol–water partition coefficient (Wildman–Crippen LogP) is 2.60. The van der Waals surface area contributed by atoms with Crippen LogP contribution in [0.4, 0.5) is 0 Å². The zero-order valence-electron chi connectivity index (χ0n) is 12.1. The number of rotatable bonds is 4. The molecule has 0 aliphatic rings. The van der Waals surface area contributed by atoms with Gasteiger partial charge in [-0.2, -0.15) is 0 Å². The van der Waals surface area contributed by atoms with Crippen molar-refractivity contribution in [1.82, 2.24) is 14.9 Å². The summed E-state index contributed by atoms with van der Waals surface area (Å²) in [6.45, 7) is 4.44. The van der Waals surface area contributed by atoms with Crippen LogP contribution >= 0.6 is 11.3 Å². The number of thiazole rings is 1. The van der Waals surface area contributed by atoms with Crippen LogP contribution in [-0.2, 0) is 4.79 Å². The molecule has 0 N–H and O–H groups in total. The van der Waals surface area contributed by atoms with Crippen LogP contribution in [0.2, 0.25) is 0 Å². The summed E-state index contributed by atoms with van der Waals surface area (Å²) in [5, 5.41) is 0.886. The summed E-state index contributed by atoms with van der Waals surface area (Å²) in [4.78, 5) is 22.8. The van der Waals surface area contributed by atoms with Crippen molar-refractivity contribution < 1.29 is 4.79 Å². The van der Waals surface area contributed by atoms with E-state index in [1.54, 1.807) is 0 Å². The molecule has 2 aromatic rings. The van der Waals surface area contributed by atoms with E-state index in [2.05, 4.69) is 9.97 Å². The molecule has 2 aromatic heterocycles. The maximum absolute atomic E-state index is 11.2. The summed E-state index contributed by atoms with van der Waals surface area (Å²) in [7, 11) is 3.86. The lowest BCUT2D eigenvalue weighted by Gasteiger charge is -2.08. The first kappa shape index (κ1) is 14.6. The van der Waals surface area contributed by atoms with Crippen molar-refractivity contribution in [3.05, 3.63) is 34.6 Å². The molecule has 4 nitrogen and oxygen atoms in total. The lowest BCUT2D eigenvalue weighted by molar-refractivity contribution is 0.463. The van der Waals surface area contributed by atoms with Gasteiger partial charge in [0, 0.05) is 24.0 Å². The van der Waals surface area contributed by atoms with Crippen molar-refractivity contribution in [1.29, 1.82) is 0 Å². The zero-order chi connectivity index (χ0) is 14.7. The average Bonchev–Trinajstić information content (AvgIpc) is 2.78. The molecule has 104 valence electrons. The minimum Gasteiger partial charge on any atom is -0.304 e. The van der Waals surface area contributed by atoms with E-state index >= 15 is 0 Å². The van der Waals surface area contributed by atoms with Gasteiger partial charge in [0.2, 0.25) is 0 Å². The van der Waals surface area contributed by atoms with Crippen molar-refractivity contribution in [2.24, 2.45) is 0 Å². The molecule has 0 bridgehead atoms. The number of hydrogen-bond donors (Lipinski definition) is 0. The molecule has 0 aromatic carbocycles. The Labute approximate surface area is 122 Å². The summed E-state index contributed by atoms with van der Waals surface area (Å²) in [5.41, 5.74) is 3.47. The fourth-order valence-electron chi connectivity index (χ4n) is 1.86. The van der Waals surface area contributed by atoms with E-state index in [-0.39, 0.29) is 0 Å². The van der Waals surface area contributed by atoms with E-state index in [4.69, 9.17) is 0 Å². The highest BCUT2D eigenvalue weighted by atomic mass is 32.1. The average molecular weight is 287 g/mol. The molecule has 0 radical (unpaired) electrons. The maximum Gasteiger partial charge on any atom is 0.130 e. The molecule has 2 heterocycles. The van der Waals surface area contributed by atoms with Crippen LogP contribution in [0.1, 0.15) is 16.3 Å².